The van der Waals surface area contributed by atoms with E-state index in [1.54, 1.807) is 34.3 Å². The van der Waals surface area contributed by atoms with Gasteiger partial charge < -0.3 is 5.32 Å². The lowest BCUT2D eigenvalue weighted by molar-refractivity contribution is 0.619. The molecule has 0 bridgehead atoms. The number of aromatic nitrogens is 5. The lowest BCUT2D eigenvalue weighted by Crippen LogP contribution is -2.18. The van der Waals surface area contributed by atoms with Gasteiger partial charge in [-0.1, -0.05) is 35.1 Å². The van der Waals surface area contributed by atoms with E-state index in [2.05, 4.69) is 39.4 Å². The summed E-state index contributed by atoms with van der Waals surface area (Å²) in [5.41, 5.74) is 1.36. The average Bonchev–Trinajstić information content (AvgIpc) is 3.41. The minimum absolute atomic E-state index is 0.117. The van der Waals surface area contributed by atoms with Crippen molar-refractivity contribution in [2.24, 2.45) is 0 Å². The number of aryl methyl sites for hydroxylation is 1. The van der Waals surface area contributed by atoms with Gasteiger partial charge in [0, 0.05) is 23.3 Å². The van der Waals surface area contributed by atoms with Crippen LogP contribution >= 0.6 is 34.3 Å². The topological polar surface area (TPSA) is 68.5 Å². The second kappa shape index (κ2) is 7.81. The van der Waals surface area contributed by atoms with Gasteiger partial charge in [-0.25, -0.2) is 9.37 Å². The Balaban J connectivity index is 1.48. The number of hydrogen-bond donors (Lipinski definition) is 1. The first kappa shape index (κ1) is 19.9. The minimum Gasteiger partial charge on any atom is -0.313 e. The Morgan fingerprint density at radius 2 is 2.03 bits per heavy atom. The highest BCUT2D eigenvalue weighted by atomic mass is 35.5. The Kier molecular flexibility index (Phi) is 5.37. The summed E-state index contributed by atoms with van der Waals surface area (Å²) in [4.78, 5) is 4.59. The van der Waals surface area contributed by atoms with Crippen LogP contribution in [0.4, 0.5) is 15.3 Å². The molecule has 10 heteroatoms. The number of halogens is 2. The van der Waals surface area contributed by atoms with Crippen molar-refractivity contribution in [3.63, 3.8) is 0 Å². The fourth-order valence-corrected chi connectivity index (χ4v) is 4.76. The number of anilines is 2. The summed E-state index contributed by atoms with van der Waals surface area (Å²) in [6.07, 6.45) is 1.80. The van der Waals surface area contributed by atoms with Crippen LogP contribution in [0.1, 0.15) is 35.1 Å². The molecule has 0 saturated heterocycles. The van der Waals surface area contributed by atoms with E-state index in [-0.39, 0.29) is 10.4 Å². The van der Waals surface area contributed by atoms with Gasteiger partial charge in [-0.3, -0.25) is 4.68 Å². The highest BCUT2D eigenvalue weighted by molar-refractivity contribution is 7.15. The summed E-state index contributed by atoms with van der Waals surface area (Å²) in [6.45, 7) is 6.53. The molecule has 0 unspecified atom stereocenters. The maximum atomic E-state index is 13.6. The molecule has 1 aromatic carbocycles. The van der Waals surface area contributed by atoms with Crippen LogP contribution in [-0.4, -0.2) is 25.0 Å². The summed E-state index contributed by atoms with van der Waals surface area (Å²) < 4.78 is 15.3. The molecule has 0 atom stereocenters. The SMILES string of the molecule is Cc1csc(C(C)(C)c2nnc(Nc3ccn(Cc4cccc(F)c4Cl)n3)s2)n1. The average molecular weight is 449 g/mol. The second-order valence-electron chi connectivity index (χ2n) is 7.07. The summed E-state index contributed by atoms with van der Waals surface area (Å²) in [5.74, 6) is 0.192. The zero-order valence-electron chi connectivity index (χ0n) is 16.0. The van der Waals surface area contributed by atoms with Crippen molar-refractivity contribution in [2.45, 2.75) is 32.7 Å². The van der Waals surface area contributed by atoms with Gasteiger partial charge in [-0.05, 0) is 32.4 Å². The molecule has 29 heavy (non-hydrogen) atoms. The van der Waals surface area contributed by atoms with Gasteiger partial charge >= 0.3 is 0 Å². The molecule has 150 valence electrons. The number of hydrogen-bond acceptors (Lipinski definition) is 7. The maximum Gasteiger partial charge on any atom is 0.211 e. The first-order chi connectivity index (χ1) is 13.8. The number of nitrogens with zero attached hydrogens (tertiary/aromatic N) is 5. The highest BCUT2D eigenvalue weighted by Gasteiger charge is 2.30. The summed E-state index contributed by atoms with van der Waals surface area (Å²) in [7, 11) is 0. The molecule has 3 heterocycles. The predicted molar refractivity (Wildman–Crippen MR) is 115 cm³/mol. The number of rotatable bonds is 6. The molecule has 0 spiro atoms. The molecule has 0 saturated carbocycles. The highest BCUT2D eigenvalue weighted by Crippen LogP contribution is 2.36. The third-order valence-electron chi connectivity index (χ3n) is 4.35. The molecule has 4 aromatic rings. The molecule has 3 aromatic heterocycles. The van der Waals surface area contributed by atoms with E-state index >= 15 is 0 Å². The van der Waals surface area contributed by atoms with Crippen LogP contribution in [0.15, 0.2) is 35.8 Å². The van der Waals surface area contributed by atoms with Crippen molar-refractivity contribution in [2.75, 3.05) is 5.32 Å². The van der Waals surface area contributed by atoms with Crippen molar-refractivity contribution in [3.8, 4) is 0 Å². The van der Waals surface area contributed by atoms with Crippen LogP contribution in [0.3, 0.4) is 0 Å². The molecule has 0 aliphatic heterocycles. The fraction of sp³-hybridized carbons (Fsp3) is 0.263. The van der Waals surface area contributed by atoms with Crippen LogP contribution in [0.2, 0.25) is 5.02 Å². The molecule has 0 radical (unpaired) electrons. The van der Waals surface area contributed by atoms with E-state index < -0.39 is 5.82 Å². The second-order valence-corrected chi connectivity index (χ2v) is 9.28. The smallest absolute Gasteiger partial charge is 0.211 e. The zero-order valence-corrected chi connectivity index (χ0v) is 18.4. The Bertz CT molecular complexity index is 1150. The number of nitrogens with one attached hydrogen (secondary N) is 1. The molecule has 0 fully saturated rings. The van der Waals surface area contributed by atoms with Crippen LogP contribution in [0.25, 0.3) is 0 Å². The third kappa shape index (κ3) is 4.17. The molecule has 6 nitrogen and oxygen atoms in total. The molecule has 0 aliphatic rings. The molecule has 4 rings (SSSR count). The minimum atomic E-state index is -0.436. The van der Waals surface area contributed by atoms with Gasteiger partial charge in [-0.2, -0.15) is 5.10 Å². The van der Waals surface area contributed by atoms with Crippen LogP contribution < -0.4 is 5.32 Å². The standard InChI is InChI=1S/C19H18ClFN6S2/c1-11-10-28-16(22-11)19(2,3)17-24-25-18(29-17)23-14-7-8-27(26-14)9-12-5-4-6-13(21)15(12)20/h4-8,10H,9H2,1-3H3,(H,23,25,26). The van der Waals surface area contributed by atoms with Gasteiger partial charge in [0.1, 0.15) is 15.8 Å². The molecular formula is C19H18ClFN6S2. The first-order valence-corrected chi connectivity index (χ1v) is 10.9. The van der Waals surface area contributed by atoms with Gasteiger partial charge in [0.05, 0.1) is 17.0 Å². The summed E-state index contributed by atoms with van der Waals surface area (Å²) in [6, 6.07) is 6.57. The van der Waals surface area contributed by atoms with E-state index in [0.717, 1.165) is 15.7 Å². The quantitative estimate of drug-likeness (QED) is 0.427. The van der Waals surface area contributed by atoms with Crippen molar-refractivity contribution < 1.29 is 4.39 Å². The van der Waals surface area contributed by atoms with Crippen LogP contribution in [-0.2, 0) is 12.0 Å². The van der Waals surface area contributed by atoms with Gasteiger partial charge in [0.15, 0.2) is 5.82 Å². The predicted octanol–water partition coefficient (Wildman–Crippen LogP) is 5.41. The summed E-state index contributed by atoms with van der Waals surface area (Å²) >= 11 is 9.12. The van der Waals surface area contributed by atoms with Gasteiger partial charge in [0.25, 0.3) is 0 Å². The third-order valence-corrected chi connectivity index (χ3v) is 7.22. The molecule has 0 aliphatic carbocycles. The Hall–Kier alpha value is -2.36. The van der Waals surface area contributed by atoms with E-state index in [0.29, 0.717) is 23.1 Å². The van der Waals surface area contributed by atoms with E-state index in [4.69, 9.17) is 11.6 Å². The van der Waals surface area contributed by atoms with Crippen molar-refractivity contribution in [1.29, 1.82) is 0 Å². The van der Waals surface area contributed by atoms with Crippen molar-refractivity contribution in [3.05, 3.63) is 68.0 Å². The normalized spacial score (nSPS) is 11.8. The Morgan fingerprint density at radius 3 is 2.79 bits per heavy atom. The van der Waals surface area contributed by atoms with Crippen molar-refractivity contribution in [1.82, 2.24) is 25.0 Å². The lowest BCUT2D eigenvalue weighted by atomic mass is 9.96. The van der Waals surface area contributed by atoms with Crippen LogP contribution in [0.5, 0.6) is 0 Å². The zero-order chi connectivity index (χ0) is 20.6. The Morgan fingerprint density at radius 1 is 1.21 bits per heavy atom. The first-order valence-electron chi connectivity index (χ1n) is 8.83. The summed E-state index contributed by atoms with van der Waals surface area (Å²) in [5, 5.41) is 20.9. The van der Waals surface area contributed by atoms with E-state index in [9.17, 15) is 4.39 Å². The Labute approximate surface area is 180 Å². The number of benzene rings is 1. The van der Waals surface area contributed by atoms with Gasteiger partial charge in [-0.15, -0.1) is 21.5 Å². The fourth-order valence-electron chi connectivity index (χ4n) is 2.73. The molecule has 1 N–H and O–H groups in total. The monoisotopic (exact) mass is 448 g/mol. The van der Waals surface area contributed by atoms with Crippen LogP contribution in [0, 0.1) is 12.7 Å². The maximum absolute atomic E-state index is 13.6. The van der Waals surface area contributed by atoms with E-state index in [1.165, 1.54) is 17.4 Å². The largest absolute Gasteiger partial charge is 0.313 e. The van der Waals surface area contributed by atoms with E-state index in [1.807, 2.05) is 18.4 Å². The molecular weight excluding hydrogens is 431 g/mol. The van der Waals surface area contributed by atoms with Gasteiger partial charge in [0.2, 0.25) is 5.13 Å². The van der Waals surface area contributed by atoms with Crippen molar-refractivity contribution >= 4 is 45.2 Å². The number of thiazole rings is 1. The lowest BCUT2D eigenvalue weighted by Gasteiger charge is -2.17. The molecule has 0 amide bonds.